The van der Waals surface area contributed by atoms with Gasteiger partial charge < -0.3 is 5.32 Å². The van der Waals surface area contributed by atoms with E-state index >= 15 is 0 Å². The van der Waals surface area contributed by atoms with Crippen LogP contribution in [0.2, 0.25) is 0 Å². The third kappa shape index (κ3) is 4.94. The Bertz CT molecular complexity index is 849. The third-order valence-electron chi connectivity index (χ3n) is 5.89. The number of amides is 1. The van der Waals surface area contributed by atoms with E-state index in [-0.39, 0.29) is 23.3 Å². The molecule has 1 amide bonds. The Morgan fingerprint density at radius 2 is 1.72 bits per heavy atom. The number of hydrogen-bond acceptors (Lipinski definition) is 3. The number of benzene rings is 1. The number of hydrogen-bond donors (Lipinski definition) is 1. The monoisotopic (exact) mass is 432 g/mol. The van der Waals surface area contributed by atoms with Crippen LogP contribution in [0.3, 0.4) is 0 Å². The SMILES string of the molecule is Cc1ccc(C(=O)NC2CCCCC2C(F)(F)F)cc1S(=O)(=O)N1CCCCC1. The van der Waals surface area contributed by atoms with Crippen molar-refractivity contribution in [1.82, 2.24) is 9.62 Å². The molecule has 1 aliphatic carbocycles. The second-order valence-electron chi connectivity index (χ2n) is 7.96. The second-order valence-corrected chi connectivity index (χ2v) is 9.86. The Balaban J connectivity index is 1.82. The van der Waals surface area contributed by atoms with Gasteiger partial charge in [-0.1, -0.05) is 25.3 Å². The first kappa shape index (κ1) is 22.1. The fourth-order valence-corrected chi connectivity index (χ4v) is 5.98. The molecule has 0 spiro atoms. The highest BCUT2D eigenvalue weighted by Crippen LogP contribution is 2.38. The van der Waals surface area contributed by atoms with Gasteiger partial charge in [-0.15, -0.1) is 0 Å². The van der Waals surface area contributed by atoms with Crippen LogP contribution < -0.4 is 5.32 Å². The van der Waals surface area contributed by atoms with E-state index < -0.39 is 34.1 Å². The van der Waals surface area contributed by atoms with Crippen LogP contribution >= 0.6 is 0 Å². The highest BCUT2D eigenvalue weighted by molar-refractivity contribution is 7.89. The Morgan fingerprint density at radius 3 is 2.38 bits per heavy atom. The van der Waals surface area contributed by atoms with Crippen molar-refractivity contribution >= 4 is 15.9 Å². The van der Waals surface area contributed by atoms with Gasteiger partial charge in [0.1, 0.15) is 0 Å². The Labute approximate surface area is 169 Å². The molecule has 2 fully saturated rings. The van der Waals surface area contributed by atoms with Gasteiger partial charge in [0.25, 0.3) is 5.91 Å². The predicted octanol–water partition coefficient (Wildman–Crippen LogP) is 4.02. The average Bonchev–Trinajstić information content (AvgIpc) is 2.68. The maximum absolute atomic E-state index is 13.3. The zero-order valence-electron chi connectivity index (χ0n) is 16.5. The standard InChI is InChI=1S/C20H27F3N2O3S/c1-14-9-10-15(13-18(14)29(27,28)25-11-5-2-6-12-25)19(26)24-17-8-4-3-7-16(17)20(21,22)23/h9-10,13,16-17H,2-8,11-12H2,1H3,(H,24,26). The number of halogens is 3. The summed E-state index contributed by atoms with van der Waals surface area (Å²) in [6.45, 7) is 2.53. The molecular weight excluding hydrogens is 405 g/mol. The Morgan fingerprint density at radius 1 is 1.07 bits per heavy atom. The molecule has 0 aromatic heterocycles. The van der Waals surface area contributed by atoms with Gasteiger partial charge in [-0.05, 0) is 50.3 Å². The fourth-order valence-electron chi connectivity index (χ4n) is 4.21. The van der Waals surface area contributed by atoms with Crippen LogP contribution in [-0.2, 0) is 10.0 Å². The van der Waals surface area contributed by atoms with Gasteiger partial charge in [0, 0.05) is 24.7 Å². The minimum Gasteiger partial charge on any atom is -0.349 e. The van der Waals surface area contributed by atoms with Crippen LogP contribution in [0.5, 0.6) is 0 Å². The number of nitrogens with one attached hydrogen (secondary N) is 1. The number of alkyl halides is 3. The van der Waals surface area contributed by atoms with Crippen molar-refractivity contribution in [2.45, 2.75) is 69.0 Å². The van der Waals surface area contributed by atoms with Crippen LogP contribution in [-0.4, -0.2) is 43.9 Å². The molecule has 1 N–H and O–H groups in total. The number of nitrogens with zero attached hydrogens (tertiary/aromatic N) is 1. The summed E-state index contributed by atoms with van der Waals surface area (Å²) >= 11 is 0. The van der Waals surface area contributed by atoms with Crippen molar-refractivity contribution in [2.75, 3.05) is 13.1 Å². The molecule has 1 heterocycles. The van der Waals surface area contributed by atoms with Gasteiger partial charge >= 0.3 is 6.18 Å². The van der Waals surface area contributed by atoms with Crippen LogP contribution in [0.4, 0.5) is 13.2 Å². The molecule has 1 aromatic carbocycles. The first-order valence-corrected chi connectivity index (χ1v) is 11.5. The number of aryl methyl sites for hydroxylation is 1. The van der Waals surface area contributed by atoms with E-state index in [1.807, 2.05) is 0 Å². The van der Waals surface area contributed by atoms with Crippen LogP contribution in [0, 0.1) is 12.8 Å². The maximum atomic E-state index is 13.3. The van der Waals surface area contributed by atoms with Gasteiger partial charge in [-0.25, -0.2) is 8.42 Å². The Kier molecular flexibility index (Phi) is 6.57. The van der Waals surface area contributed by atoms with E-state index in [2.05, 4.69) is 5.32 Å². The van der Waals surface area contributed by atoms with Gasteiger partial charge in [-0.3, -0.25) is 4.79 Å². The molecule has 29 heavy (non-hydrogen) atoms. The molecule has 1 aromatic rings. The van der Waals surface area contributed by atoms with Crippen LogP contribution in [0.1, 0.15) is 60.9 Å². The number of piperidine rings is 1. The van der Waals surface area contributed by atoms with Crippen LogP contribution in [0.25, 0.3) is 0 Å². The lowest BCUT2D eigenvalue weighted by atomic mass is 9.84. The molecule has 0 bridgehead atoms. The third-order valence-corrected chi connectivity index (χ3v) is 7.93. The van der Waals surface area contributed by atoms with E-state index in [1.165, 1.54) is 22.5 Å². The lowest BCUT2D eigenvalue weighted by molar-refractivity contribution is -0.187. The van der Waals surface area contributed by atoms with E-state index in [4.69, 9.17) is 0 Å². The van der Waals surface area contributed by atoms with Crippen molar-refractivity contribution in [3.8, 4) is 0 Å². The minimum atomic E-state index is -4.37. The van der Waals surface area contributed by atoms with E-state index in [0.717, 1.165) is 19.3 Å². The number of carbonyl (C=O) groups excluding carboxylic acids is 1. The molecular formula is C20H27F3N2O3S. The average molecular weight is 433 g/mol. The summed E-state index contributed by atoms with van der Waals surface area (Å²) in [5, 5.41) is 2.50. The highest BCUT2D eigenvalue weighted by Gasteiger charge is 2.46. The minimum absolute atomic E-state index is 0.00304. The first-order chi connectivity index (χ1) is 13.6. The van der Waals surface area contributed by atoms with Crippen LogP contribution in [0.15, 0.2) is 23.1 Å². The second kappa shape index (κ2) is 8.63. The molecule has 162 valence electrons. The first-order valence-electron chi connectivity index (χ1n) is 10.1. The number of rotatable bonds is 4. The maximum Gasteiger partial charge on any atom is 0.393 e. The topological polar surface area (TPSA) is 66.5 Å². The number of carbonyl (C=O) groups is 1. The summed E-state index contributed by atoms with van der Waals surface area (Å²) in [4.78, 5) is 12.7. The molecule has 5 nitrogen and oxygen atoms in total. The van der Waals surface area contributed by atoms with Gasteiger partial charge in [0.05, 0.1) is 10.8 Å². The van der Waals surface area contributed by atoms with Crippen molar-refractivity contribution in [3.05, 3.63) is 29.3 Å². The van der Waals surface area contributed by atoms with Gasteiger partial charge in [0.2, 0.25) is 10.0 Å². The Hall–Kier alpha value is -1.61. The van der Waals surface area contributed by atoms with Gasteiger partial charge in [0.15, 0.2) is 0 Å². The molecule has 0 radical (unpaired) electrons. The molecule has 2 atom stereocenters. The van der Waals surface area contributed by atoms with Crippen molar-refractivity contribution in [3.63, 3.8) is 0 Å². The fraction of sp³-hybridized carbons (Fsp3) is 0.650. The molecule has 2 unspecified atom stereocenters. The van der Waals surface area contributed by atoms with E-state index in [1.54, 1.807) is 6.92 Å². The molecule has 1 saturated heterocycles. The smallest absolute Gasteiger partial charge is 0.349 e. The van der Waals surface area contributed by atoms with E-state index in [0.29, 0.717) is 31.5 Å². The van der Waals surface area contributed by atoms with Gasteiger partial charge in [-0.2, -0.15) is 17.5 Å². The van der Waals surface area contributed by atoms with E-state index in [9.17, 15) is 26.4 Å². The van der Waals surface area contributed by atoms with Crippen molar-refractivity contribution in [1.29, 1.82) is 0 Å². The predicted molar refractivity (Wildman–Crippen MR) is 103 cm³/mol. The zero-order valence-corrected chi connectivity index (χ0v) is 17.3. The summed E-state index contributed by atoms with van der Waals surface area (Å²) < 4.78 is 67.3. The summed E-state index contributed by atoms with van der Waals surface area (Å²) in [5.74, 6) is -2.23. The summed E-state index contributed by atoms with van der Waals surface area (Å²) in [6, 6.07) is 3.30. The molecule has 9 heteroatoms. The molecule has 1 saturated carbocycles. The van der Waals surface area contributed by atoms with Crippen molar-refractivity contribution in [2.24, 2.45) is 5.92 Å². The molecule has 1 aliphatic heterocycles. The lowest BCUT2D eigenvalue weighted by Gasteiger charge is -2.33. The van der Waals surface area contributed by atoms with Crippen molar-refractivity contribution < 1.29 is 26.4 Å². The molecule has 3 rings (SSSR count). The molecule has 2 aliphatic rings. The summed E-state index contributed by atoms with van der Waals surface area (Å²) in [5.41, 5.74) is 0.579. The summed E-state index contributed by atoms with van der Waals surface area (Å²) in [6.07, 6.45) is -0.432. The normalized spacial score (nSPS) is 24.3. The number of sulfonamides is 1. The lowest BCUT2D eigenvalue weighted by Crippen LogP contribution is -2.47. The zero-order chi connectivity index (χ0) is 21.2. The highest BCUT2D eigenvalue weighted by atomic mass is 32.2. The largest absolute Gasteiger partial charge is 0.393 e. The quantitative estimate of drug-likeness (QED) is 0.782. The summed E-state index contributed by atoms with van der Waals surface area (Å²) in [7, 11) is -3.74.